The summed E-state index contributed by atoms with van der Waals surface area (Å²) in [5, 5.41) is 13.7. The minimum Gasteiger partial charge on any atom is -0.459 e. The molecule has 0 aromatic heterocycles. The van der Waals surface area contributed by atoms with Gasteiger partial charge >= 0.3 is 5.97 Å². The van der Waals surface area contributed by atoms with Crippen LogP contribution in [0.15, 0.2) is 23.8 Å². The number of rotatable bonds is 1. The van der Waals surface area contributed by atoms with Crippen molar-refractivity contribution in [2.75, 3.05) is 5.75 Å². The fraction of sp³-hybridized carbons (Fsp3) is 0.700. The Bertz CT molecular complexity index is 634. The molecule has 3 aliphatic rings. The highest BCUT2D eigenvalue weighted by Crippen LogP contribution is 2.37. The summed E-state index contributed by atoms with van der Waals surface area (Å²) >= 11 is 1.14. The van der Waals surface area contributed by atoms with E-state index in [1.54, 1.807) is 6.08 Å². The lowest BCUT2D eigenvalue weighted by Gasteiger charge is -2.43. The zero-order valence-corrected chi connectivity index (χ0v) is 16.8. The molecule has 2 bridgehead atoms. The number of aliphatic hydroxyl groups is 1. The summed E-state index contributed by atoms with van der Waals surface area (Å²) in [6.45, 7) is 4.10. The fourth-order valence-electron chi connectivity index (χ4n) is 3.86. The van der Waals surface area contributed by atoms with Gasteiger partial charge in [0, 0.05) is 24.7 Å². The lowest BCUT2D eigenvalue weighted by Crippen LogP contribution is -2.58. The minimum atomic E-state index is -1.51. The highest BCUT2D eigenvalue weighted by molar-refractivity contribution is 8.14. The topological polar surface area (TPSA) is 84.9 Å². The normalized spacial score (nSPS) is 41.7. The van der Waals surface area contributed by atoms with Gasteiger partial charge < -0.3 is 19.9 Å². The number of fused-ring (bicyclic) bond motifs is 2. The van der Waals surface area contributed by atoms with Crippen LogP contribution in [0.25, 0.3) is 0 Å². The van der Waals surface area contributed by atoms with Crippen molar-refractivity contribution < 1.29 is 24.2 Å². The van der Waals surface area contributed by atoms with Crippen molar-refractivity contribution in [1.82, 2.24) is 5.32 Å². The van der Waals surface area contributed by atoms with Gasteiger partial charge in [0.25, 0.3) is 5.24 Å². The maximum absolute atomic E-state index is 12.3. The molecule has 2 fully saturated rings. The molecule has 0 radical (unpaired) electrons. The lowest BCUT2D eigenvalue weighted by atomic mass is 9.90. The highest BCUT2D eigenvalue weighted by Gasteiger charge is 2.49. The first-order chi connectivity index (χ1) is 12.8. The number of allylic oxidation sites excluding steroid dienone is 3. The molecule has 7 heteroatoms. The first kappa shape index (κ1) is 20.4. The lowest BCUT2D eigenvalue weighted by molar-refractivity contribution is -0.283. The van der Waals surface area contributed by atoms with Gasteiger partial charge in [-0.3, -0.25) is 4.79 Å². The molecule has 2 N–H and O–H groups in total. The standard InChI is InChI=1S/C20H29NO5S/c1-13-5-3-4-6-14(2)9-18(22)25-16-10-15(8-7-13)26-20(24,11-16)17-12-27-19(23)21-17/h3,5,9,13,15-17,24H,4,6-8,10-12H2,1-2H3,(H,21,23)/b5-3-,14-9-/t13-,15+,16-,17-,20+/m0/s1. The average Bonchev–Trinajstić information content (AvgIpc) is 3.03. The summed E-state index contributed by atoms with van der Waals surface area (Å²) in [5.41, 5.74) is 0.979. The van der Waals surface area contributed by atoms with Crippen LogP contribution >= 0.6 is 11.8 Å². The summed E-state index contributed by atoms with van der Waals surface area (Å²) in [6, 6.07) is -0.493. The molecule has 0 aromatic carbocycles. The van der Waals surface area contributed by atoms with Crippen molar-refractivity contribution in [3.8, 4) is 0 Å². The third kappa shape index (κ3) is 5.59. The summed E-state index contributed by atoms with van der Waals surface area (Å²) < 4.78 is 11.7. The van der Waals surface area contributed by atoms with Gasteiger partial charge in [-0.1, -0.05) is 36.4 Å². The summed E-state index contributed by atoms with van der Waals surface area (Å²) in [7, 11) is 0. The van der Waals surface area contributed by atoms with Crippen LogP contribution in [0, 0.1) is 5.92 Å². The molecule has 0 saturated carbocycles. The molecule has 5 atom stereocenters. The van der Waals surface area contributed by atoms with E-state index >= 15 is 0 Å². The minimum absolute atomic E-state index is 0.160. The number of esters is 1. The van der Waals surface area contributed by atoms with E-state index in [1.807, 2.05) is 6.92 Å². The molecular weight excluding hydrogens is 366 g/mol. The number of carbonyl (C=O) groups is 2. The zero-order chi connectivity index (χ0) is 19.4. The molecule has 3 heterocycles. The Morgan fingerprint density at radius 3 is 2.85 bits per heavy atom. The molecule has 0 aliphatic carbocycles. The number of thioether (sulfide) groups is 1. The van der Waals surface area contributed by atoms with Gasteiger partial charge in [-0.2, -0.15) is 0 Å². The Morgan fingerprint density at radius 1 is 1.30 bits per heavy atom. The monoisotopic (exact) mass is 395 g/mol. The maximum Gasteiger partial charge on any atom is 0.330 e. The van der Waals surface area contributed by atoms with Gasteiger partial charge in [0.1, 0.15) is 6.10 Å². The molecule has 0 unspecified atom stereocenters. The Kier molecular flexibility index (Phi) is 6.65. The zero-order valence-electron chi connectivity index (χ0n) is 16.0. The predicted octanol–water partition coefficient (Wildman–Crippen LogP) is 3.30. The van der Waals surface area contributed by atoms with Crippen LogP contribution in [-0.2, 0) is 14.3 Å². The van der Waals surface area contributed by atoms with E-state index in [1.165, 1.54) is 0 Å². The van der Waals surface area contributed by atoms with Crippen LogP contribution in [0.4, 0.5) is 4.79 Å². The third-order valence-corrected chi connectivity index (χ3v) is 6.28. The van der Waals surface area contributed by atoms with Crippen LogP contribution in [-0.4, -0.2) is 46.1 Å². The highest BCUT2D eigenvalue weighted by atomic mass is 32.2. The van der Waals surface area contributed by atoms with Crippen LogP contribution in [0.5, 0.6) is 0 Å². The van der Waals surface area contributed by atoms with Crippen LogP contribution in [0.1, 0.15) is 52.4 Å². The van der Waals surface area contributed by atoms with Gasteiger partial charge in [-0.05, 0) is 38.5 Å². The second-order valence-electron chi connectivity index (χ2n) is 7.89. The van der Waals surface area contributed by atoms with Crippen LogP contribution in [0.3, 0.4) is 0 Å². The van der Waals surface area contributed by atoms with Crippen LogP contribution in [0.2, 0.25) is 0 Å². The van der Waals surface area contributed by atoms with Crippen molar-refractivity contribution in [2.45, 2.75) is 76.4 Å². The number of amides is 1. The molecule has 0 spiro atoms. The fourth-order valence-corrected chi connectivity index (χ4v) is 4.75. The first-order valence-corrected chi connectivity index (χ1v) is 10.7. The number of ether oxygens (including phenoxy) is 2. The number of nitrogens with one attached hydrogen (secondary N) is 1. The Labute approximate surface area is 164 Å². The summed E-state index contributed by atoms with van der Waals surface area (Å²) in [5.74, 6) is -1.03. The van der Waals surface area contributed by atoms with E-state index in [4.69, 9.17) is 9.47 Å². The molecular formula is C20H29NO5S. The average molecular weight is 396 g/mol. The molecule has 3 rings (SSSR count). The third-order valence-electron chi connectivity index (χ3n) is 5.40. The SMILES string of the molecule is C/C1=C/C(=O)O[C@H]2C[C@@H](CC[C@@H](C)/C=C\CC1)O[C@@](O)([C@@H]1CSC(=O)N1)C2. The van der Waals surface area contributed by atoms with E-state index in [0.29, 0.717) is 18.1 Å². The number of hydrogen-bond acceptors (Lipinski definition) is 6. The summed E-state index contributed by atoms with van der Waals surface area (Å²) in [6.07, 6.45) is 9.42. The molecule has 2 saturated heterocycles. The predicted molar refractivity (Wildman–Crippen MR) is 104 cm³/mol. The molecule has 1 amide bonds. The smallest absolute Gasteiger partial charge is 0.330 e. The second-order valence-corrected chi connectivity index (χ2v) is 8.88. The largest absolute Gasteiger partial charge is 0.459 e. The maximum atomic E-state index is 12.3. The van der Waals surface area contributed by atoms with Crippen molar-refractivity contribution in [3.63, 3.8) is 0 Å². The van der Waals surface area contributed by atoms with Crippen molar-refractivity contribution in [1.29, 1.82) is 0 Å². The summed E-state index contributed by atoms with van der Waals surface area (Å²) in [4.78, 5) is 23.9. The molecule has 27 heavy (non-hydrogen) atoms. The molecule has 150 valence electrons. The van der Waals surface area contributed by atoms with E-state index in [2.05, 4.69) is 24.4 Å². The number of carbonyl (C=O) groups excluding carboxylic acids is 2. The van der Waals surface area contributed by atoms with E-state index in [-0.39, 0.29) is 23.7 Å². The first-order valence-electron chi connectivity index (χ1n) is 9.72. The molecule has 0 aromatic rings. The van der Waals surface area contributed by atoms with Crippen LogP contribution < -0.4 is 5.32 Å². The van der Waals surface area contributed by atoms with Crippen molar-refractivity contribution in [3.05, 3.63) is 23.8 Å². The number of hydrogen-bond donors (Lipinski definition) is 2. The van der Waals surface area contributed by atoms with E-state index in [9.17, 15) is 14.7 Å². The molecule has 3 aliphatic heterocycles. The van der Waals surface area contributed by atoms with Crippen molar-refractivity contribution >= 4 is 23.0 Å². The van der Waals surface area contributed by atoms with E-state index in [0.717, 1.165) is 43.0 Å². The Balaban J connectivity index is 1.78. The van der Waals surface area contributed by atoms with Gasteiger partial charge in [0.2, 0.25) is 0 Å². The molecule has 6 nitrogen and oxygen atoms in total. The Hall–Kier alpha value is -1.31. The quantitative estimate of drug-likeness (QED) is 0.523. The van der Waals surface area contributed by atoms with Crippen molar-refractivity contribution in [2.24, 2.45) is 5.92 Å². The van der Waals surface area contributed by atoms with E-state index < -0.39 is 17.9 Å². The Morgan fingerprint density at radius 2 is 2.11 bits per heavy atom. The van der Waals surface area contributed by atoms with Gasteiger partial charge in [0.15, 0.2) is 5.79 Å². The van der Waals surface area contributed by atoms with Gasteiger partial charge in [-0.15, -0.1) is 0 Å². The van der Waals surface area contributed by atoms with Gasteiger partial charge in [-0.25, -0.2) is 4.79 Å². The second kappa shape index (κ2) is 8.80. The van der Waals surface area contributed by atoms with Gasteiger partial charge in [0.05, 0.1) is 12.1 Å².